The van der Waals surface area contributed by atoms with Gasteiger partial charge in [0.05, 0.1) is 6.54 Å². The van der Waals surface area contributed by atoms with Crippen LogP contribution in [0.25, 0.3) is 0 Å². The second-order valence-corrected chi connectivity index (χ2v) is 6.50. The van der Waals surface area contributed by atoms with Crippen molar-refractivity contribution in [2.45, 2.75) is 58.5 Å². The van der Waals surface area contributed by atoms with E-state index < -0.39 is 0 Å². The van der Waals surface area contributed by atoms with Crippen molar-refractivity contribution in [3.63, 3.8) is 0 Å². The van der Waals surface area contributed by atoms with E-state index in [2.05, 4.69) is 20.4 Å². The molecule has 0 radical (unpaired) electrons. The maximum absolute atomic E-state index is 12.4. The summed E-state index contributed by atoms with van der Waals surface area (Å²) in [4.78, 5) is 31.8. The average Bonchev–Trinajstić information content (AvgIpc) is 2.96. The van der Waals surface area contributed by atoms with Crippen LogP contribution < -0.4 is 10.9 Å². The van der Waals surface area contributed by atoms with Crippen molar-refractivity contribution in [2.24, 2.45) is 0 Å². The predicted molar refractivity (Wildman–Crippen MR) is 90.1 cm³/mol. The Kier molecular flexibility index (Phi) is 4.51. The number of aromatic amines is 1. The van der Waals surface area contributed by atoms with E-state index in [1.54, 1.807) is 12.1 Å². The molecule has 1 amide bonds. The van der Waals surface area contributed by atoms with Crippen molar-refractivity contribution in [3.05, 3.63) is 45.4 Å². The topological polar surface area (TPSA) is 92.7 Å². The maximum atomic E-state index is 12.4. The van der Waals surface area contributed by atoms with Crippen molar-refractivity contribution in [2.75, 3.05) is 0 Å². The van der Waals surface area contributed by atoms with Crippen molar-refractivity contribution in [3.8, 4) is 0 Å². The zero-order valence-electron chi connectivity index (χ0n) is 14.3. The Labute approximate surface area is 140 Å². The Hall–Kier alpha value is -2.44. The van der Waals surface area contributed by atoms with Gasteiger partial charge in [-0.3, -0.25) is 9.59 Å². The number of carbonyl (C=O) groups excluding carboxylic acids is 1. The molecule has 24 heavy (non-hydrogen) atoms. The highest BCUT2D eigenvalue weighted by molar-refractivity contribution is 5.94. The zero-order chi connectivity index (χ0) is 17.3. The lowest BCUT2D eigenvalue weighted by Crippen LogP contribution is -2.42. The number of rotatable bonds is 4. The van der Waals surface area contributed by atoms with Crippen LogP contribution in [0.1, 0.15) is 60.8 Å². The molecule has 0 aliphatic carbocycles. The first-order valence-corrected chi connectivity index (χ1v) is 8.44. The number of nitrogens with one attached hydrogen (secondary N) is 2. The molecule has 1 atom stereocenters. The SMILES string of the molecule is CCc1nc2n(n1)CC(NC(=O)c1ccc(C(C)C)[nH]c1=O)CC2. The van der Waals surface area contributed by atoms with Gasteiger partial charge >= 0.3 is 0 Å². The van der Waals surface area contributed by atoms with Crippen molar-refractivity contribution < 1.29 is 4.79 Å². The third kappa shape index (κ3) is 3.25. The van der Waals surface area contributed by atoms with E-state index in [9.17, 15) is 9.59 Å². The fourth-order valence-electron chi connectivity index (χ4n) is 2.90. The molecule has 7 nitrogen and oxygen atoms in total. The van der Waals surface area contributed by atoms with Gasteiger partial charge in [0, 0.05) is 24.6 Å². The number of nitrogens with zero attached hydrogens (tertiary/aromatic N) is 3. The smallest absolute Gasteiger partial charge is 0.261 e. The highest BCUT2D eigenvalue weighted by Crippen LogP contribution is 2.14. The van der Waals surface area contributed by atoms with Crippen LogP contribution in [0.15, 0.2) is 16.9 Å². The summed E-state index contributed by atoms with van der Waals surface area (Å²) in [6, 6.07) is 3.36. The van der Waals surface area contributed by atoms with E-state index in [0.29, 0.717) is 6.54 Å². The maximum Gasteiger partial charge on any atom is 0.261 e. The second-order valence-electron chi connectivity index (χ2n) is 6.50. The lowest BCUT2D eigenvalue weighted by atomic mass is 10.1. The molecule has 1 aliphatic heterocycles. The van der Waals surface area contributed by atoms with Crippen LogP contribution in [-0.4, -0.2) is 31.7 Å². The molecule has 0 bridgehead atoms. The molecule has 2 N–H and O–H groups in total. The number of pyridine rings is 1. The van der Waals surface area contributed by atoms with Gasteiger partial charge in [0.25, 0.3) is 11.5 Å². The quantitative estimate of drug-likeness (QED) is 0.887. The Morgan fingerprint density at radius 3 is 2.92 bits per heavy atom. The van der Waals surface area contributed by atoms with E-state index >= 15 is 0 Å². The first-order valence-electron chi connectivity index (χ1n) is 8.44. The molecule has 2 aromatic heterocycles. The lowest BCUT2D eigenvalue weighted by molar-refractivity contribution is 0.0924. The van der Waals surface area contributed by atoms with Gasteiger partial charge < -0.3 is 10.3 Å². The van der Waals surface area contributed by atoms with E-state index in [4.69, 9.17) is 0 Å². The largest absolute Gasteiger partial charge is 0.347 e. The van der Waals surface area contributed by atoms with Crippen molar-refractivity contribution >= 4 is 5.91 Å². The van der Waals surface area contributed by atoms with E-state index in [-0.39, 0.29) is 29.0 Å². The predicted octanol–water partition coefficient (Wildman–Crippen LogP) is 1.40. The summed E-state index contributed by atoms with van der Waals surface area (Å²) in [6.07, 6.45) is 2.38. The van der Waals surface area contributed by atoms with Crippen molar-refractivity contribution in [1.82, 2.24) is 25.1 Å². The summed E-state index contributed by atoms with van der Waals surface area (Å²) >= 11 is 0. The molecule has 2 aromatic rings. The van der Waals surface area contributed by atoms with E-state index in [1.165, 1.54) is 0 Å². The first-order chi connectivity index (χ1) is 11.5. The molecule has 0 spiro atoms. The minimum absolute atomic E-state index is 0.0411. The van der Waals surface area contributed by atoms with Crippen LogP contribution >= 0.6 is 0 Å². The number of carbonyl (C=O) groups is 1. The van der Waals surface area contributed by atoms with Gasteiger partial charge in [0.2, 0.25) is 0 Å². The molecule has 0 saturated heterocycles. The highest BCUT2D eigenvalue weighted by Gasteiger charge is 2.24. The molecule has 0 aromatic carbocycles. The number of aromatic nitrogens is 4. The zero-order valence-corrected chi connectivity index (χ0v) is 14.3. The van der Waals surface area contributed by atoms with Gasteiger partial charge in [-0.1, -0.05) is 20.8 Å². The Morgan fingerprint density at radius 2 is 2.25 bits per heavy atom. The summed E-state index contributed by atoms with van der Waals surface area (Å²) in [6.45, 7) is 6.60. The third-order valence-corrected chi connectivity index (χ3v) is 4.35. The minimum atomic E-state index is -0.343. The monoisotopic (exact) mass is 329 g/mol. The normalized spacial score (nSPS) is 16.9. The fraction of sp³-hybridized carbons (Fsp3) is 0.529. The second kappa shape index (κ2) is 6.59. The summed E-state index contributed by atoms with van der Waals surface area (Å²) < 4.78 is 1.86. The summed E-state index contributed by atoms with van der Waals surface area (Å²) in [7, 11) is 0. The lowest BCUT2D eigenvalue weighted by Gasteiger charge is -2.23. The molecular weight excluding hydrogens is 306 g/mol. The molecule has 1 unspecified atom stereocenters. The van der Waals surface area contributed by atoms with Crippen LogP contribution in [0, 0.1) is 0 Å². The van der Waals surface area contributed by atoms with Crippen LogP contribution in [0.2, 0.25) is 0 Å². The first kappa shape index (κ1) is 16.4. The Bertz CT molecular complexity index is 806. The molecule has 1 aliphatic rings. The minimum Gasteiger partial charge on any atom is -0.347 e. The van der Waals surface area contributed by atoms with Gasteiger partial charge in [-0.25, -0.2) is 9.67 Å². The molecule has 0 saturated carbocycles. The number of fused-ring (bicyclic) bond motifs is 1. The third-order valence-electron chi connectivity index (χ3n) is 4.35. The van der Waals surface area contributed by atoms with Gasteiger partial charge in [-0.05, 0) is 24.5 Å². The van der Waals surface area contributed by atoms with Crippen molar-refractivity contribution in [1.29, 1.82) is 0 Å². The molecule has 0 fully saturated rings. The Balaban J connectivity index is 1.70. The molecule has 128 valence electrons. The molecule has 3 rings (SSSR count). The van der Waals surface area contributed by atoms with Gasteiger partial charge in [-0.2, -0.15) is 5.10 Å². The molecule has 7 heteroatoms. The van der Waals surface area contributed by atoms with Gasteiger partial charge in [-0.15, -0.1) is 0 Å². The number of H-pyrrole nitrogens is 1. The van der Waals surface area contributed by atoms with Gasteiger partial charge in [0.15, 0.2) is 5.82 Å². The summed E-state index contributed by atoms with van der Waals surface area (Å²) in [5.41, 5.74) is 0.635. The average molecular weight is 329 g/mol. The molecule has 3 heterocycles. The van der Waals surface area contributed by atoms with Crippen LogP contribution in [-0.2, 0) is 19.4 Å². The number of aryl methyl sites for hydroxylation is 2. The Morgan fingerprint density at radius 1 is 1.46 bits per heavy atom. The highest BCUT2D eigenvalue weighted by atomic mass is 16.2. The van der Waals surface area contributed by atoms with E-state index in [1.807, 2.05) is 25.5 Å². The van der Waals surface area contributed by atoms with E-state index in [0.717, 1.165) is 36.6 Å². The molecular formula is C17H23N5O2. The van der Waals surface area contributed by atoms with Crippen LogP contribution in [0.3, 0.4) is 0 Å². The summed E-state index contributed by atoms with van der Waals surface area (Å²) in [5.74, 6) is 1.68. The van der Waals surface area contributed by atoms with Gasteiger partial charge in [0.1, 0.15) is 11.4 Å². The fourth-order valence-corrected chi connectivity index (χ4v) is 2.90. The van der Waals surface area contributed by atoms with Crippen LogP contribution in [0.5, 0.6) is 0 Å². The number of hydrogen-bond donors (Lipinski definition) is 2. The van der Waals surface area contributed by atoms with Crippen LogP contribution in [0.4, 0.5) is 0 Å². The number of amides is 1. The standard InChI is InChI=1S/C17H23N5O2/c1-4-14-20-15-8-5-11(9-22(15)21-14)18-16(23)12-6-7-13(10(2)3)19-17(12)24/h6-7,10-11H,4-5,8-9H2,1-3H3,(H,18,23)(H,19,24). The number of hydrogen-bond acceptors (Lipinski definition) is 4. The summed E-state index contributed by atoms with van der Waals surface area (Å²) in [5, 5.41) is 7.38.